The monoisotopic (exact) mass is 320 g/mol. The van der Waals surface area contributed by atoms with Gasteiger partial charge in [0.2, 0.25) is 5.91 Å². The number of hydrogen-bond acceptors (Lipinski definition) is 4. The summed E-state index contributed by atoms with van der Waals surface area (Å²) in [6.07, 6.45) is 3.13. The normalized spacial score (nSPS) is 11.7. The molecular formula is C17H24N2O4. The molecule has 0 saturated heterocycles. The van der Waals surface area contributed by atoms with E-state index < -0.39 is 12.0 Å². The Labute approximate surface area is 136 Å². The zero-order valence-electron chi connectivity index (χ0n) is 13.2. The number of rotatable bonds is 11. The summed E-state index contributed by atoms with van der Waals surface area (Å²) in [4.78, 5) is 33.9. The number of hydrogen-bond donors (Lipinski definition) is 3. The number of carboxylic acid groups (broad SMARTS) is 1. The number of amides is 1. The third-order valence-electron chi connectivity index (χ3n) is 3.46. The molecule has 0 spiro atoms. The molecule has 0 aromatic heterocycles. The zero-order valence-corrected chi connectivity index (χ0v) is 13.2. The van der Waals surface area contributed by atoms with E-state index in [-0.39, 0.29) is 18.2 Å². The molecule has 6 heteroatoms. The quantitative estimate of drug-likeness (QED) is 0.532. The van der Waals surface area contributed by atoms with E-state index in [1.807, 2.05) is 30.3 Å². The molecular weight excluding hydrogens is 296 g/mol. The van der Waals surface area contributed by atoms with Crippen molar-refractivity contribution >= 4 is 17.7 Å². The first kappa shape index (κ1) is 18.8. The maximum absolute atomic E-state index is 11.7. The highest BCUT2D eigenvalue weighted by Gasteiger charge is 2.10. The van der Waals surface area contributed by atoms with Crippen LogP contribution in [0.3, 0.4) is 0 Å². The molecule has 23 heavy (non-hydrogen) atoms. The Balaban J connectivity index is 2.08. The van der Waals surface area contributed by atoms with Gasteiger partial charge in [0, 0.05) is 12.8 Å². The van der Waals surface area contributed by atoms with E-state index >= 15 is 0 Å². The molecule has 6 nitrogen and oxygen atoms in total. The van der Waals surface area contributed by atoms with Crippen molar-refractivity contribution < 1.29 is 19.5 Å². The predicted octanol–water partition coefficient (Wildman–Crippen LogP) is 1.28. The number of nitrogens with one attached hydrogen (secondary N) is 1. The van der Waals surface area contributed by atoms with E-state index in [1.165, 1.54) is 0 Å². The van der Waals surface area contributed by atoms with Gasteiger partial charge in [-0.1, -0.05) is 43.2 Å². The van der Waals surface area contributed by atoms with Crippen molar-refractivity contribution in [2.75, 3.05) is 6.54 Å². The van der Waals surface area contributed by atoms with E-state index in [4.69, 9.17) is 10.8 Å². The average Bonchev–Trinajstić information content (AvgIpc) is 2.53. The van der Waals surface area contributed by atoms with Crippen LogP contribution in [0.2, 0.25) is 0 Å². The standard InChI is InChI=1S/C17H24N2O4/c18-15(17(22)23)9-5-2-6-10-16(21)19-12-14(20)11-13-7-3-1-4-8-13/h1,3-4,7-8,15H,2,5-6,9-12,18H2,(H,19,21)(H,22,23). The number of carboxylic acids is 1. The zero-order chi connectivity index (χ0) is 17.1. The number of ketones is 1. The lowest BCUT2D eigenvalue weighted by molar-refractivity contribution is -0.138. The Morgan fingerprint density at radius 1 is 1.09 bits per heavy atom. The number of Topliss-reactive ketones (excluding diaryl/α,β-unsaturated/α-hetero) is 1. The first-order valence-electron chi connectivity index (χ1n) is 7.79. The van der Waals surface area contributed by atoms with E-state index in [0.29, 0.717) is 32.1 Å². The van der Waals surface area contributed by atoms with Crippen LogP contribution in [0.15, 0.2) is 30.3 Å². The van der Waals surface area contributed by atoms with Crippen molar-refractivity contribution in [1.82, 2.24) is 5.32 Å². The first-order valence-corrected chi connectivity index (χ1v) is 7.79. The van der Waals surface area contributed by atoms with Crippen LogP contribution in [0.5, 0.6) is 0 Å². The molecule has 1 aromatic carbocycles. The molecule has 0 saturated carbocycles. The van der Waals surface area contributed by atoms with Gasteiger partial charge in [-0.3, -0.25) is 14.4 Å². The minimum Gasteiger partial charge on any atom is -0.480 e. The van der Waals surface area contributed by atoms with Crippen LogP contribution in [0, 0.1) is 0 Å². The lowest BCUT2D eigenvalue weighted by Gasteiger charge is -2.06. The number of benzene rings is 1. The first-order chi connectivity index (χ1) is 11.0. The van der Waals surface area contributed by atoms with Crippen LogP contribution >= 0.6 is 0 Å². The highest BCUT2D eigenvalue weighted by Crippen LogP contribution is 2.05. The molecule has 0 aliphatic heterocycles. The second-order valence-corrected chi connectivity index (χ2v) is 5.52. The van der Waals surface area contributed by atoms with E-state index in [9.17, 15) is 14.4 Å². The Bertz CT molecular complexity index is 517. The summed E-state index contributed by atoms with van der Waals surface area (Å²) >= 11 is 0. The molecule has 1 aromatic rings. The highest BCUT2D eigenvalue weighted by molar-refractivity contribution is 5.87. The Morgan fingerprint density at radius 2 is 1.78 bits per heavy atom. The van der Waals surface area contributed by atoms with Crippen LogP contribution in [0.1, 0.15) is 37.7 Å². The van der Waals surface area contributed by atoms with Gasteiger partial charge in [0.15, 0.2) is 5.78 Å². The molecule has 0 fully saturated rings. The van der Waals surface area contributed by atoms with E-state index in [0.717, 1.165) is 12.0 Å². The number of carbonyl (C=O) groups is 3. The number of unbranched alkanes of at least 4 members (excludes halogenated alkanes) is 2. The smallest absolute Gasteiger partial charge is 0.320 e. The fraction of sp³-hybridized carbons (Fsp3) is 0.471. The van der Waals surface area contributed by atoms with Crippen LogP contribution < -0.4 is 11.1 Å². The van der Waals surface area contributed by atoms with Crippen LogP contribution in [0.4, 0.5) is 0 Å². The lowest BCUT2D eigenvalue weighted by atomic mass is 10.1. The van der Waals surface area contributed by atoms with Gasteiger partial charge in [-0.2, -0.15) is 0 Å². The Morgan fingerprint density at radius 3 is 2.43 bits per heavy atom. The summed E-state index contributed by atoms with van der Waals surface area (Å²) in [6, 6.07) is 8.55. The maximum atomic E-state index is 11.7. The summed E-state index contributed by atoms with van der Waals surface area (Å²) in [5.74, 6) is -1.19. The summed E-state index contributed by atoms with van der Waals surface area (Å²) in [7, 11) is 0. The van der Waals surface area contributed by atoms with Gasteiger partial charge in [0.05, 0.1) is 6.54 Å². The van der Waals surface area contributed by atoms with Gasteiger partial charge >= 0.3 is 5.97 Å². The topological polar surface area (TPSA) is 109 Å². The molecule has 126 valence electrons. The molecule has 1 atom stereocenters. The Kier molecular flexibility index (Phi) is 8.60. The summed E-state index contributed by atoms with van der Waals surface area (Å²) in [5, 5.41) is 11.2. The van der Waals surface area contributed by atoms with Gasteiger partial charge in [0.1, 0.15) is 6.04 Å². The lowest BCUT2D eigenvalue weighted by Crippen LogP contribution is -2.30. The van der Waals surface area contributed by atoms with Gasteiger partial charge in [-0.15, -0.1) is 0 Å². The third-order valence-corrected chi connectivity index (χ3v) is 3.46. The second-order valence-electron chi connectivity index (χ2n) is 5.52. The van der Waals surface area contributed by atoms with Gasteiger partial charge < -0.3 is 16.2 Å². The molecule has 1 unspecified atom stereocenters. The third kappa shape index (κ3) is 8.73. The largest absolute Gasteiger partial charge is 0.480 e. The molecule has 0 aliphatic rings. The van der Waals surface area contributed by atoms with Gasteiger partial charge in [0.25, 0.3) is 0 Å². The minimum absolute atomic E-state index is 0.0306. The summed E-state index contributed by atoms with van der Waals surface area (Å²) < 4.78 is 0. The van der Waals surface area contributed by atoms with Crippen molar-refractivity contribution in [3.63, 3.8) is 0 Å². The summed E-state index contributed by atoms with van der Waals surface area (Å²) in [6.45, 7) is 0.0393. The fourth-order valence-corrected chi connectivity index (χ4v) is 2.12. The Hall–Kier alpha value is -2.21. The molecule has 1 rings (SSSR count). The van der Waals surface area contributed by atoms with Crippen LogP contribution in [-0.4, -0.2) is 35.4 Å². The van der Waals surface area contributed by atoms with Gasteiger partial charge in [-0.05, 0) is 18.4 Å². The number of nitrogens with two attached hydrogens (primary N) is 1. The second kappa shape index (κ2) is 10.5. The van der Waals surface area contributed by atoms with Crippen molar-refractivity contribution in [3.05, 3.63) is 35.9 Å². The fourth-order valence-electron chi connectivity index (χ4n) is 2.12. The van der Waals surface area contributed by atoms with Crippen molar-refractivity contribution in [2.45, 2.75) is 44.6 Å². The molecule has 0 heterocycles. The SMILES string of the molecule is NC(CCCCCC(=O)NCC(=O)Cc1ccccc1)C(=O)O. The molecule has 4 N–H and O–H groups in total. The average molecular weight is 320 g/mol. The summed E-state index contributed by atoms with van der Waals surface area (Å²) in [5.41, 5.74) is 6.32. The van der Waals surface area contributed by atoms with Gasteiger partial charge in [-0.25, -0.2) is 0 Å². The van der Waals surface area contributed by atoms with Crippen molar-refractivity contribution in [2.24, 2.45) is 5.73 Å². The molecule has 0 bridgehead atoms. The highest BCUT2D eigenvalue weighted by atomic mass is 16.4. The molecule has 0 aliphatic carbocycles. The molecule has 1 amide bonds. The van der Waals surface area contributed by atoms with Crippen molar-refractivity contribution in [3.8, 4) is 0 Å². The predicted molar refractivity (Wildman–Crippen MR) is 86.9 cm³/mol. The van der Waals surface area contributed by atoms with E-state index in [2.05, 4.69) is 5.32 Å². The van der Waals surface area contributed by atoms with Crippen molar-refractivity contribution in [1.29, 1.82) is 0 Å². The minimum atomic E-state index is -1.00. The van der Waals surface area contributed by atoms with Crippen LogP contribution in [0.25, 0.3) is 0 Å². The number of aliphatic carboxylic acids is 1. The number of carbonyl (C=O) groups excluding carboxylic acids is 2. The van der Waals surface area contributed by atoms with Crippen LogP contribution in [-0.2, 0) is 20.8 Å². The maximum Gasteiger partial charge on any atom is 0.320 e. The van der Waals surface area contributed by atoms with E-state index in [1.54, 1.807) is 0 Å². The molecule has 0 radical (unpaired) electrons.